The van der Waals surface area contributed by atoms with Gasteiger partial charge in [0.05, 0.1) is 25.1 Å². The molecular formula is C22H21ClN6O2. The number of anilines is 2. The first kappa shape index (κ1) is 20.8. The quantitative estimate of drug-likeness (QED) is 0.453. The molecule has 0 saturated heterocycles. The minimum absolute atomic E-state index is 0.388. The Morgan fingerprint density at radius 3 is 2.68 bits per heavy atom. The van der Waals surface area contributed by atoms with E-state index < -0.39 is 0 Å². The fourth-order valence-electron chi connectivity index (χ4n) is 3.16. The van der Waals surface area contributed by atoms with E-state index in [9.17, 15) is 0 Å². The molecule has 0 saturated carbocycles. The van der Waals surface area contributed by atoms with Gasteiger partial charge in [-0.3, -0.25) is 0 Å². The van der Waals surface area contributed by atoms with E-state index in [2.05, 4.69) is 25.4 Å². The van der Waals surface area contributed by atoms with Crippen molar-refractivity contribution in [3.8, 4) is 23.0 Å². The molecule has 0 radical (unpaired) electrons. The van der Waals surface area contributed by atoms with Crippen LogP contribution in [0.3, 0.4) is 0 Å². The van der Waals surface area contributed by atoms with Gasteiger partial charge >= 0.3 is 0 Å². The van der Waals surface area contributed by atoms with Crippen LogP contribution in [0.4, 0.5) is 11.6 Å². The third kappa shape index (κ3) is 4.50. The van der Waals surface area contributed by atoms with Crippen molar-refractivity contribution < 1.29 is 9.47 Å². The summed E-state index contributed by atoms with van der Waals surface area (Å²) >= 11 is 6.06. The second kappa shape index (κ2) is 9.11. The highest BCUT2D eigenvalue weighted by Crippen LogP contribution is 2.27. The first-order chi connectivity index (χ1) is 15.1. The molecule has 4 rings (SSSR count). The van der Waals surface area contributed by atoms with Crippen molar-refractivity contribution in [2.24, 2.45) is 0 Å². The summed E-state index contributed by atoms with van der Waals surface area (Å²) < 4.78 is 12.5. The molecule has 0 spiro atoms. The zero-order valence-electron chi connectivity index (χ0n) is 17.3. The van der Waals surface area contributed by atoms with E-state index >= 15 is 0 Å². The van der Waals surface area contributed by atoms with Gasteiger partial charge in [-0.25, -0.2) is 15.0 Å². The standard InChI is InChI=1S/C22H21ClN6O2/c1-14-19(13-30-2)28-29(21(14)31-3)20-11-15(7-9-24-20)18-8-10-25-22(27-18)26-17-6-4-5-16(23)12-17/h4-12H,13H2,1-3H3,(H,25,26,27). The summed E-state index contributed by atoms with van der Waals surface area (Å²) in [6.45, 7) is 2.33. The highest BCUT2D eigenvalue weighted by molar-refractivity contribution is 6.30. The summed E-state index contributed by atoms with van der Waals surface area (Å²) in [5, 5.41) is 8.41. The predicted octanol–water partition coefficient (Wildman–Crippen LogP) is 4.58. The third-order valence-corrected chi connectivity index (χ3v) is 4.87. The van der Waals surface area contributed by atoms with Gasteiger partial charge in [0.25, 0.3) is 0 Å². The van der Waals surface area contributed by atoms with Crippen LogP contribution in [0.25, 0.3) is 17.1 Å². The van der Waals surface area contributed by atoms with E-state index in [1.54, 1.807) is 31.3 Å². The lowest BCUT2D eigenvalue weighted by Crippen LogP contribution is -2.04. The molecule has 4 aromatic rings. The number of benzene rings is 1. The normalized spacial score (nSPS) is 10.8. The molecule has 9 heteroatoms. The molecule has 1 aromatic carbocycles. The van der Waals surface area contributed by atoms with Crippen LogP contribution < -0.4 is 10.1 Å². The summed E-state index contributed by atoms with van der Waals surface area (Å²) in [6, 6.07) is 13.0. The van der Waals surface area contributed by atoms with Gasteiger partial charge in [-0.15, -0.1) is 0 Å². The number of hydrogen-bond acceptors (Lipinski definition) is 7. The maximum absolute atomic E-state index is 6.06. The number of methoxy groups -OCH3 is 2. The number of nitrogens with one attached hydrogen (secondary N) is 1. The van der Waals surface area contributed by atoms with Crippen LogP contribution in [0.2, 0.25) is 5.02 Å². The Labute approximate surface area is 184 Å². The molecule has 3 heterocycles. The van der Waals surface area contributed by atoms with Crippen molar-refractivity contribution in [1.29, 1.82) is 0 Å². The molecule has 0 bridgehead atoms. The second-order valence-electron chi connectivity index (χ2n) is 6.73. The summed E-state index contributed by atoms with van der Waals surface area (Å²) in [5.41, 5.74) is 4.11. The van der Waals surface area contributed by atoms with Crippen LogP contribution >= 0.6 is 11.6 Å². The summed E-state index contributed by atoms with van der Waals surface area (Å²) in [4.78, 5) is 13.4. The van der Waals surface area contributed by atoms with Crippen molar-refractivity contribution >= 4 is 23.2 Å². The van der Waals surface area contributed by atoms with Crippen molar-refractivity contribution in [2.75, 3.05) is 19.5 Å². The fraction of sp³-hybridized carbons (Fsp3) is 0.182. The maximum Gasteiger partial charge on any atom is 0.227 e. The van der Waals surface area contributed by atoms with E-state index in [4.69, 9.17) is 21.1 Å². The predicted molar refractivity (Wildman–Crippen MR) is 119 cm³/mol. The molecule has 0 aliphatic heterocycles. The van der Waals surface area contributed by atoms with Crippen LogP contribution in [0.15, 0.2) is 54.9 Å². The maximum atomic E-state index is 6.06. The van der Waals surface area contributed by atoms with Gasteiger partial charge in [0, 0.05) is 41.3 Å². The number of rotatable bonds is 7. The number of aromatic nitrogens is 5. The van der Waals surface area contributed by atoms with Crippen LogP contribution in [-0.4, -0.2) is 39.0 Å². The van der Waals surface area contributed by atoms with Gasteiger partial charge in [-0.05, 0) is 43.3 Å². The average Bonchev–Trinajstić information content (AvgIpc) is 3.10. The van der Waals surface area contributed by atoms with Gasteiger partial charge in [0.2, 0.25) is 11.8 Å². The van der Waals surface area contributed by atoms with Crippen molar-refractivity contribution in [1.82, 2.24) is 24.7 Å². The van der Waals surface area contributed by atoms with Crippen LogP contribution in [0, 0.1) is 6.92 Å². The lowest BCUT2D eigenvalue weighted by Gasteiger charge is -2.09. The van der Waals surface area contributed by atoms with Crippen molar-refractivity contribution in [2.45, 2.75) is 13.5 Å². The molecule has 8 nitrogen and oxygen atoms in total. The SMILES string of the molecule is COCc1nn(-c2cc(-c3ccnc(Nc4cccc(Cl)c4)n3)ccn2)c(OC)c1C. The number of halogens is 1. The molecule has 0 amide bonds. The van der Waals surface area contributed by atoms with Gasteiger partial charge in [-0.1, -0.05) is 17.7 Å². The van der Waals surface area contributed by atoms with Gasteiger partial charge in [0.1, 0.15) is 0 Å². The minimum Gasteiger partial charge on any atom is -0.481 e. The molecule has 1 N–H and O–H groups in total. The fourth-order valence-corrected chi connectivity index (χ4v) is 3.35. The Kier molecular flexibility index (Phi) is 6.11. The van der Waals surface area contributed by atoms with Crippen LogP contribution in [0.5, 0.6) is 5.88 Å². The lowest BCUT2D eigenvalue weighted by molar-refractivity contribution is 0.180. The zero-order valence-corrected chi connectivity index (χ0v) is 18.1. The Bertz CT molecular complexity index is 1210. The Hall–Kier alpha value is -3.49. The lowest BCUT2D eigenvalue weighted by atomic mass is 10.2. The number of pyridine rings is 1. The van der Waals surface area contributed by atoms with Crippen molar-refractivity contribution in [3.63, 3.8) is 0 Å². The highest BCUT2D eigenvalue weighted by atomic mass is 35.5. The minimum atomic E-state index is 0.388. The van der Waals surface area contributed by atoms with E-state index in [0.717, 1.165) is 28.2 Å². The summed E-state index contributed by atoms with van der Waals surface area (Å²) in [6.07, 6.45) is 3.41. The highest BCUT2D eigenvalue weighted by Gasteiger charge is 2.17. The van der Waals surface area contributed by atoms with Crippen LogP contribution in [-0.2, 0) is 11.3 Å². The molecule has 0 atom stereocenters. The largest absolute Gasteiger partial charge is 0.481 e. The van der Waals surface area contributed by atoms with Crippen LogP contribution in [0.1, 0.15) is 11.3 Å². The van der Waals surface area contributed by atoms with Gasteiger partial charge in [0.15, 0.2) is 5.82 Å². The van der Waals surface area contributed by atoms with E-state index in [0.29, 0.717) is 29.3 Å². The van der Waals surface area contributed by atoms with E-state index in [1.165, 1.54) is 0 Å². The second-order valence-corrected chi connectivity index (χ2v) is 7.17. The summed E-state index contributed by atoms with van der Waals surface area (Å²) in [5.74, 6) is 1.69. The molecule has 0 aliphatic carbocycles. The van der Waals surface area contributed by atoms with Gasteiger partial charge < -0.3 is 14.8 Å². The van der Waals surface area contributed by atoms with Gasteiger partial charge in [-0.2, -0.15) is 9.78 Å². The van der Waals surface area contributed by atoms with E-state index in [-0.39, 0.29) is 0 Å². The Morgan fingerprint density at radius 2 is 1.90 bits per heavy atom. The molecule has 0 unspecified atom stereocenters. The van der Waals surface area contributed by atoms with Crippen molar-refractivity contribution in [3.05, 3.63) is 71.1 Å². The number of ether oxygens (including phenoxy) is 2. The number of nitrogens with zero attached hydrogens (tertiary/aromatic N) is 5. The zero-order chi connectivity index (χ0) is 21.8. The topological polar surface area (TPSA) is 87.0 Å². The summed E-state index contributed by atoms with van der Waals surface area (Å²) in [7, 11) is 3.24. The molecule has 3 aromatic heterocycles. The molecule has 158 valence electrons. The molecule has 31 heavy (non-hydrogen) atoms. The average molecular weight is 437 g/mol. The first-order valence-corrected chi connectivity index (χ1v) is 9.90. The monoisotopic (exact) mass is 436 g/mol. The third-order valence-electron chi connectivity index (χ3n) is 4.64. The Morgan fingerprint density at radius 1 is 1.06 bits per heavy atom. The first-order valence-electron chi connectivity index (χ1n) is 9.53. The molecule has 0 aliphatic rings. The number of hydrogen-bond donors (Lipinski definition) is 1. The Balaban J connectivity index is 1.67. The molecule has 0 fully saturated rings. The molecular weight excluding hydrogens is 416 g/mol. The smallest absolute Gasteiger partial charge is 0.227 e. The van der Waals surface area contributed by atoms with E-state index in [1.807, 2.05) is 49.4 Å².